The first-order valence-electron chi connectivity index (χ1n) is 9.36. The zero-order valence-corrected chi connectivity index (χ0v) is 18.8. The van der Waals surface area contributed by atoms with Crippen LogP contribution in [-0.4, -0.2) is 41.7 Å². The van der Waals surface area contributed by atoms with Crippen molar-refractivity contribution in [3.8, 4) is 17.2 Å². The highest BCUT2D eigenvalue weighted by Gasteiger charge is 2.26. The molecule has 2 N–H and O–H groups in total. The van der Waals surface area contributed by atoms with Gasteiger partial charge in [0.1, 0.15) is 10.6 Å². The van der Waals surface area contributed by atoms with Crippen LogP contribution < -0.4 is 24.2 Å². The van der Waals surface area contributed by atoms with E-state index in [-0.39, 0.29) is 16.6 Å². The molecule has 164 valence electrons. The molecule has 0 aliphatic heterocycles. The van der Waals surface area contributed by atoms with E-state index >= 15 is 0 Å². The van der Waals surface area contributed by atoms with Crippen LogP contribution in [0.1, 0.15) is 32.3 Å². The highest BCUT2D eigenvalue weighted by molar-refractivity contribution is 7.89. The zero-order chi connectivity index (χ0) is 22.5. The second-order valence-electron chi connectivity index (χ2n) is 6.97. The van der Waals surface area contributed by atoms with Crippen molar-refractivity contribution in [3.05, 3.63) is 42.0 Å². The summed E-state index contributed by atoms with van der Waals surface area (Å²) < 4.78 is 43.9. The summed E-state index contributed by atoms with van der Waals surface area (Å²) >= 11 is 0. The van der Waals surface area contributed by atoms with Crippen molar-refractivity contribution in [3.63, 3.8) is 0 Å². The SMILES string of the molecule is COc1ccc(NC(=O)C(C)NS(=O)(=O)c2cc(C(C)C)ccc2OC)cc1OC. The number of hydrogen-bond donors (Lipinski definition) is 2. The van der Waals surface area contributed by atoms with Crippen LogP contribution in [-0.2, 0) is 14.8 Å². The lowest BCUT2D eigenvalue weighted by Crippen LogP contribution is -2.41. The van der Waals surface area contributed by atoms with Crippen LogP contribution in [0.3, 0.4) is 0 Å². The first-order valence-corrected chi connectivity index (χ1v) is 10.8. The molecule has 0 heterocycles. The van der Waals surface area contributed by atoms with Crippen LogP contribution in [0, 0.1) is 0 Å². The lowest BCUT2D eigenvalue weighted by molar-refractivity contribution is -0.117. The van der Waals surface area contributed by atoms with Crippen LogP contribution in [0.4, 0.5) is 5.69 Å². The number of anilines is 1. The maximum Gasteiger partial charge on any atom is 0.244 e. The van der Waals surface area contributed by atoms with Gasteiger partial charge in [0.05, 0.1) is 27.4 Å². The van der Waals surface area contributed by atoms with Gasteiger partial charge in [-0.3, -0.25) is 4.79 Å². The van der Waals surface area contributed by atoms with Crippen molar-refractivity contribution >= 4 is 21.6 Å². The summed E-state index contributed by atoms with van der Waals surface area (Å²) in [6.45, 7) is 5.39. The molecule has 0 aliphatic rings. The van der Waals surface area contributed by atoms with Crippen LogP contribution in [0.25, 0.3) is 0 Å². The van der Waals surface area contributed by atoms with E-state index in [1.54, 1.807) is 30.3 Å². The molecule has 2 rings (SSSR count). The number of amides is 1. The number of rotatable bonds is 9. The molecule has 0 aromatic heterocycles. The highest BCUT2D eigenvalue weighted by atomic mass is 32.2. The molecule has 2 aromatic carbocycles. The average Bonchev–Trinajstić information content (AvgIpc) is 2.72. The van der Waals surface area contributed by atoms with E-state index < -0.39 is 22.0 Å². The molecule has 2 aromatic rings. The summed E-state index contributed by atoms with van der Waals surface area (Å²) in [5, 5.41) is 2.67. The number of benzene rings is 2. The second kappa shape index (κ2) is 9.82. The number of methoxy groups -OCH3 is 3. The number of nitrogens with one attached hydrogen (secondary N) is 2. The standard InChI is InChI=1S/C21H28N2O6S/c1-13(2)15-7-9-18(28-5)20(11-15)30(25,26)23-14(3)21(24)22-16-8-10-17(27-4)19(12-16)29-6/h7-14,23H,1-6H3,(H,22,24). The molecule has 30 heavy (non-hydrogen) atoms. The van der Waals surface area contributed by atoms with Gasteiger partial charge in [-0.25, -0.2) is 8.42 Å². The molecule has 0 aliphatic carbocycles. The summed E-state index contributed by atoms with van der Waals surface area (Å²) in [6.07, 6.45) is 0. The lowest BCUT2D eigenvalue weighted by atomic mass is 10.0. The van der Waals surface area contributed by atoms with Gasteiger partial charge in [0, 0.05) is 11.8 Å². The topological polar surface area (TPSA) is 103 Å². The summed E-state index contributed by atoms with van der Waals surface area (Å²) in [5.41, 5.74) is 1.29. The molecule has 9 heteroatoms. The molecule has 0 saturated carbocycles. The number of ether oxygens (including phenoxy) is 3. The van der Waals surface area contributed by atoms with Crippen molar-refractivity contribution in [2.45, 2.75) is 37.6 Å². The Hall–Kier alpha value is -2.78. The highest BCUT2D eigenvalue weighted by Crippen LogP contribution is 2.30. The molecule has 0 spiro atoms. The minimum absolute atomic E-state index is 0.0121. The molecule has 8 nitrogen and oxygen atoms in total. The molecule has 1 amide bonds. The molecule has 0 fully saturated rings. The number of carbonyl (C=O) groups excluding carboxylic acids is 1. The number of hydrogen-bond acceptors (Lipinski definition) is 6. The summed E-state index contributed by atoms with van der Waals surface area (Å²) in [7, 11) is 0.394. The van der Waals surface area contributed by atoms with Gasteiger partial charge >= 0.3 is 0 Å². The monoisotopic (exact) mass is 436 g/mol. The van der Waals surface area contributed by atoms with Crippen LogP contribution in [0.2, 0.25) is 0 Å². The molecular formula is C21H28N2O6S. The molecule has 1 unspecified atom stereocenters. The van der Waals surface area contributed by atoms with Crippen LogP contribution in [0.15, 0.2) is 41.3 Å². The molecular weight excluding hydrogens is 408 g/mol. The van der Waals surface area contributed by atoms with E-state index in [1.807, 2.05) is 19.9 Å². The smallest absolute Gasteiger partial charge is 0.244 e. The summed E-state index contributed by atoms with van der Waals surface area (Å²) in [4.78, 5) is 12.6. The minimum Gasteiger partial charge on any atom is -0.495 e. The third kappa shape index (κ3) is 5.43. The quantitative estimate of drug-likeness (QED) is 0.626. The first kappa shape index (κ1) is 23.5. The van der Waals surface area contributed by atoms with Crippen molar-refractivity contribution in [1.82, 2.24) is 4.72 Å². The summed E-state index contributed by atoms with van der Waals surface area (Å²) in [5.74, 6) is 0.778. The first-order chi connectivity index (χ1) is 14.1. The Morgan fingerprint density at radius 1 is 0.867 bits per heavy atom. The van der Waals surface area contributed by atoms with Crippen LogP contribution in [0.5, 0.6) is 17.2 Å². The molecule has 0 bridgehead atoms. The van der Waals surface area contributed by atoms with Crippen molar-refractivity contribution in [2.24, 2.45) is 0 Å². The average molecular weight is 437 g/mol. The van der Waals surface area contributed by atoms with E-state index in [0.29, 0.717) is 17.2 Å². The maximum absolute atomic E-state index is 12.9. The van der Waals surface area contributed by atoms with Gasteiger partial charge in [0.25, 0.3) is 0 Å². The van der Waals surface area contributed by atoms with Gasteiger partial charge in [-0.1, -0.05) is 19.9 Å². The van der Waals surface area contributed by atoms with Crippen molar-refractivity contribution in [1.29, 1.82) is 0 Å². The third-order valence-electron chi connectivity index (χ3n) is 4.52. The third-order valence-corrected chi connectivity index (χ3v) is 6.08. The van der Waals surface area contributed by atoms with Gasteiger partial charge in [-0.05, 0) is 42.7 Å². The zero-order valence-electron chi connectivity index (χ0n) is 18.0. The van der Waals surface area contributed by atoms with Crippen molar-refractivity contribution in [2.75, 3.05) is 26.6 Å². The normalized spacial score (nSPS) is 12.4. The Morgan fingerprint density at radius 3 is 2.03 bits per heavy atom. The van der Waals surface area contributed by atoms with Gasteiger partial charge in [-0.2, -0.15) is 4.72 Å². The Morgan fingerprint density at radius 2 is 1.47 bits per heavy atom. The predicted octanol–water partition coefficient (Wildman–Crippen LogP) is 3.14. The van der Waals surface area contributed by atoms with E-state index in [4.69, 9.17) is 14.2 Å². The number of sulfonamides is 1. The second-order valence-corrected chi connectivity index (χ2v) is 8.65. The molecule has 0 saturated heterocycles. The van der Waals surface area contributed by atoms with Gasteiger partial charge in [-0.15, -0.1) is 0 Å². The van der Waals surface area contributed by atoms with Crippen LogP contribution >= 0.6 is 0 Å². The Bertz CT molecular complexity index is 1000. The minimum atomic E-state index is -4.00. The van der Waals surface area contributed by atoms with Gasteiger partial charge < -0.3 is 19.5 Å². The fraction of sp³-hybridized carbons (Fsp3) is 0.381. The largest absolute Gasteiger partial charge is 0.495 e. The van der Waals surface area contributed by atoms with Crippen molar-refractivity contribution < 1.29 is 27.4 Å². The van der Waals surface area contributed by atoms with E-state index in [9.17, 15) is 13.2 Å². The number of carbonyl (C=O) groups is 1. The molecule has 1 atom stereocenters. The molecule has 0 radical (unpaired) electrons. The fourth-order valence-corrected chi connectivity index (χ4v) is 4.18. The summed E-state index contributed by atoms with van der Waals surface area (Å²) in [6, 6.07) is 8.82. The van der Waals surface area contributed by atoms with E-state index in [1.165, 1.54) is 28.3 Å². The maximum atomic E-state index is 12.9. The Balaban J connectivity index is 2.21. The Kier molecular flexibility index (Phi) is 7.69. The van der Waals surface area contributed by atoms with E-state index in [2.05, 4.69) is 10.0 Å². The fourth-order valence-electron chi connectivity index (χ4n) is 2.78. The van der Waals surface area contributed by atoms with E-state index in [0.717, 1.165) is 5.56 Å². The van der Waals surface area contributed by atoms with Gasteiger partial charge in [0.2, 0.25) is 15.9 Å². The van der Waals surface area contributed by atoms with Gasteiger partial charge in [0.15, 0.2) is 11.5 Å². The lowest BCUT2D eigenvalue weighted by Gasteiger charge is -2.18. The Labute approximate surface area is 177 Å². The predicted molar refractivity (Wildman–Crippen MR) is 115 cm³/mol.